The number of para-hydroxylation sites is 1. The highest BCUT2D eigenvalue weighted by molar-refractivity contribution is 5.20. The van der Waals surface area contributed by atoms with E-state index in [2.05, 4.69) is 6.92 Å². The highest BCUT2D eigenvalue weighted by Gasteiger charge is 1.98. The Balaban J connectivity index is 2.20. The highest BCUT2D eigenvalue weighted by atomic mass is 16.5. The quantitative estimate of drug-likeness (QED) is 0.752. The van der Waals surface area contributed by atoms with Gasteiger partial charge >= 0.3 is 0 Å². The number of rotatable bonds is 5. The van der Waals surface area contributed by atoms with Crippen LogP contribution in [0.1, 0.15) is 19.8 Å². The van der Waals surface area contributed by atoms with Crippen molar-refractivity contribution in [1.29, 1.82) is 0 Å². The second kappa shape index (κ2) is 5.60. The van der Waals surface area contributed by atoms with Gasteiger partial charge in [-0.2, -0.15) is 0 Å². The standard InChI is InChI=1S/C11H17NO/c1-2-10(12)8-9-13-11-6-4-3-5-7-11/h3-7,10H,2,8-9,12H2,1H3. The first-order valence-corrected chi connectivity index (χ1v) is 4.76. The van der Waals surface area contributed by atoms with E-state index in [4.69, 9.17) is 10.5 Å². The third-order valence-electron chi connectivity index (χ3n) is 2.02. The van der Waals surface area contributed by atoms with E-state index in [-0.39, 0.29) is 6.04 Å². The van der Waals surface area contributed by atoms with Crippen LogP contribution >= 0.6 is 0 Å². The summed E-state index contributed by atoms with van der Waals surface area (Å²) in [4.78, 5) is 0. The van der Waals surface area contributed by atoms with Gasteiger partial charge < -0.3 is 10.5 Å². The van der Waals surface area contributed by atoms with Crippen molar-refractivity contribution in [3.8, 4) is 5.75 Å². The number of benzene rings is 1. The molecule has 13 heavy (non-hydrogen) atoms. The fourth-order valence-corrected chi connectivity index (χ4v) is 1.05. The molecule has 0 heterocycles. The Hall–Kier alpha value is -1.02. The molecule has 2 N–H and O–H groups in total. The van der Waals surface area contributed by atoms with Crippen LogP contribution in [0.4, 0.5) is 0 Å². The van der Waals surface area contributed by atoms with Crippen LogP contribution < -0.4 is 10.5 Å². The molecule has 72 valence electrons. The molecule has 1 rings (SSSR count). The second-order valence-electron chi connectivity index (χ2n) is 3.12. The molecule has 2 nitrogen and oxygen atoms in total. The van der Waals surface area contributed by atoms with Crippen molar-refractivity contribution in [2.24, 2.45) is 5.73 Å². The van der Waals surface area contributed by atoms with Gasteiger partial charge in [-0.25, -0.2) is 0 Å². The SMILES string of the molecule is CCC(N)CCOc1ccccc1. The summed E-state index contributed by atoms with van der Waals surface area (Å²) in [6.45, 7) is 2.80. The van der Waals surface area contributed by atoms with Crippen molar-refractivity contribution in [3.63, 3.8) is 0 Å². The van der Waals surface area contributed by atoms with Gasteiger partial charge in [0.15, 0.2) is 0 Å². The van der Waals surface area contributed by atoms with E-state index in [1.807, 2.05) is 30.3 Å². The zero-order valence-corrected chi connectivity index (χ0v) is 8.07. The maximum absolute atomic E-state index is 5.76. The van der Waals surface area contributed by atoms with Gasteiger partial charge in [0.2, 0.25) is 0 Å². The first-order chi connectivity index (χ1) is 6.33. The van der Waals surface area contributed by atoms with Crippen LogP contribution in [-0.4, -0.2) is 12.6 Å². The van der Waals surface area contributed by atoms with Crippen molar-refractivity contribution >= 4 is 0 Å². The van der Waals surface area contributed by atoms with E-state index in [0.29, 0.717) is 6.61 Å². The fourth-order valence-electron chi connectivity index (χ4n) is 1.05. The Bertz CT molecular complexity index is 223. The molecule has 0 fully saturated rings. The van der Waals surface area contributed by atoms with Crippen LogP contribution in [0.3, 0.4) is 0 Å². The molecule has 0 saturated carbocycles. The van der Waals surface area contributed by atoms with Gasteiger partial charge in [0.05, 0.1) is 6.61 Å². The molecule has 0 aliphatic carbocycles. The summed E-state index contributed by atoms with van der Waals surface area (Å²) in [7, 11) is 0. The van der Waals surface area contributed by atoms with Gasteiger partial charge in [-0.15, -0.1) is 0 Å². The van der Waals surface area contributed by atoms with Crippen LogP contribution in [0.5, 0.6) is 5.75 Å². The molecule has 0 aromatic heterocycles. The average molecular weight is 179 g/mol. The summed E-state index contributed by atoms with van der Waals surface area (Å²) in [6.07, 6.45) is 1.93. The predicted octanol–water partition coefficient (Wildman–Crippen LogP) is 2.19. The van der Waals surface area contributed by atoms with Crippen LogP contribution in [0.2, 0.25) is 0 Å². The second-order valence-corrected chi connectivity index (χ2v) is 3.12. The Morgan fingerprint density at radius 3 is 2.62 bits per heavy atom. The highest BCUT2D eigenvalue weighted by Crippen LogP contribution is 2.08. The maximum Gasteiger partial charge on any atom is 0.119 e. The monoisotopic (exact) mass is 179 g/mol. The van der Waals surface area contributed by atoms with Crippen molar-refractivity contribution < 1.29 is 4.74 Å². The predicted molar refractivity (Wildman–Crippen MR) is 54.8 cm³/mol. The molecule has 2 heteroatoms. The molecular formula is C11H17NO. The summed E-state index contributed by atoms with van der Waals surface area (Å²) in [6, 6.07) is 10.1. The fraction of sp³-hybridized carbons (Fsp3) is 0.455. The first kappa shape index (κ1) is 10.1. The summed E-state index contributed by atoms with van der Waals surface area (Å²) in [5.41, 5.74) is 5.76. The lowest BCUT2D eigenvalue weighted by Gasteiger charge is -2.09. The Kier molecular flexibility index (Phi) is 4.33. The summed E-state index contributed by atoms with van der Waals surface area (Å²) < 4.78 is 5.50. The molecule has 0 spiro atoms. The van der Waals surface area contributed by atoms with Crippen molar-refractivity contribution in [1.82, 2.24) is 0 Å². The van der Waals surface area contributed by atoms with Crippen LogP contribution in [-0.2, 0) is 0 Å². The molecule has 0 bridgehead atoms. The molecule has 1 atom stereocenters. The lowest BCUT2D eigenvalue weighted by atomic mass is 10.2. The van der Waals surface area contributed by atoms with Crippen molar-refractivity contribution in [2.45, 2.75) is 25.8 Å². The average Bonchev–Trinajstić information content (AvgIpc) is 2.19. The van der Waals surface area contributed by atoms with Gasteiger partial charge in [0.1, 0.15) is 5.75 Å². The van der Waals surface area contributed by atoms with E-state index in [1.165, 1.54) is 0 Å². The normalized spacial score (nSPS) is 12.5. The molecule has 0 amide bonds. The third kappa shape index (κ3) is 3.95. The minimum absolute atomic E-state index is 0.267. The molecule has 0 saturated heterocycles. The Morgan fingerprint density at radius 2 is 2.00 bits per heavy atom. The number of hydrogen-bond acceptors (Lipinski definition) is 2. The number of hydrogen-bond donors (Lipinski definition) is 1. The van der Waals surface area contributed by atoms with Gasteiger partial charge in [0.25, 0.3) is 0 Å². The summed E-state index contributed by atoms with van der Waals surface area (Å²) in [5, 5.41) is 0. The number of nitrogens with two attached hydrogens (primary N) is 1. The van der Waals surface area contributed by atoms with Crippen LogP contribution in [0.15, 0.2) is 30.3 Å². The van der Waals surface area contributed by atoms with Crippen molar-refractivity contribution in [3.05, 3.63) is 30.3 Å². The molecule has 1 aromatic rings. The zero-order valence-electron chi connectivity index (χ0n) is 8.07. The largest absolute Gasteiger partial charge is 0.494 e. The molecular weight excluding hydrogens is 162 g/mol. The summed E-state index contributed by atoms with van der Waals surface area (Å²) in [5.74, 6) is 0.922. The van der Waals surface area contributed by atoms with E-state index in [0.717, 1.165) is 18.6 Å². The van der Waals surface area contributed by atoms with Gasteiger partial charge in [-0.1, -0.05) is 25.1 Å². The van der Waals surface area contributed by atoms with E-state index in [1.54, 1.807) is 0 Å². The molecule has 1 aromatic carbocycles. The van der Waals surface area contributed by atoms with E-state index < -0.39 is 0 Å². The van der Waals surface area contributed by atoms with Crippen LogP contribution in [0, 0.1) is 0 Å². The van der Waals surface area contributed by atoms with E-state index in [9.17, 15) is 0 Å². The molecule has 0 radical (unpaired) electrons. The number of ether oxygens (including phenoxy) is 1. The zero-order chi connectivity index (χ0) is 9.52. The van der Waals surface area contributed by atoms with Gasteiger partial charge in [-0.05, 0) is 25.0 Å². The molecule has 0 aliphatic rings. The topological polar surface area (TPSA) is 35.2 Å². The maximum atomic E-state index is 5.76. The van der Waals surface area contributed by atoms with Gasteiger partial charge in [0, 0.05) is 6.04 Å². The molecule has 0 aliphatic heterocycles. The first-order valence-electron chi connectivity index (χ1n) is 4.76. The third-order valence-corrected chi connectivity index (χ3v) is 2.02. The Labute approximate surface area is 79.7 Å². The van der Waals surface area contributed by atoms with Gasteiger partial charge in [-0.3, -0.25) is 0 Å². The minimum Gasteiger partial charge on any atom is -0.494 e. The lowest BCUT2D eigenvalue weighted by molar-refractivity contribution is 0.296. The molecule has 1 unspecified atom stereocenters. The smallest absolute Gasteiger partial charge is 0.119 e. The lowest BCUT2D eigenvalue weighted by Crippen LogP contribution is -2.21. The Morgan fingerprint density at radius 1 is 1.31 bits per heavy atom. The van der Waals surface area contributed by atoms with E-state index >= 15 is 0 Å². The van der Waals surface area contributed by atoms with Crippen molar-refractivity contribution in [2.75, 3.05) is 6.61 Å². The van der Waals surface area contributed by atoms with Crippen LogP contribution in [0.25, 0.3) is 0 Å². The minimum atomic E-state index is 0.267. The summed E-state index contributed by atoms with van der Waals surface area (Å²) >= 11 is 0.